The molecule has 2 N–H and O–H groups in total. The molecular formula is C19H34N2. The molecule has 2 unspecified atom stereocenters. The number of nitrogens with two attached hydrogens (primary N) is 1. The van der Waals surface area contributed by atoms with Crippen LogP contribution >= 0.6 is 0 Å². The molecule has 0 amide bonds. The van der Waals surface area contributed by atoms with Crippen LogP contribution in [0.15, 0.2) is 0 Å². The Morgan fingerprint density at radius 2 is 1.62 bits per heavy atom. The van der Waals surface area contributed by atoms with Crippen molar-refractivity contribution in [1.82, 2.24) is 4.90 Å². The van der Waals surface area contributed by atoms with Crippen LogP contribution in [0.5, 0.6) is 0 Å². The minimum absolute atomic E-state index is 0.437. The first-order valence-corrected chi connectivity index (χ1v) is 9.64. The number of hydrogen-bond donors (Lipinski definition) is 1. The highest BCUT2D eigenvalue weighted by Gasteiger charge is 2.53. The first-order valence-electron chi connectivity index (χ1n) is 9.64. The first-order chi connectivity index (χ1) is 10.1. The average molecular weight is 290 g/mol. The van der Waals surface area contributed by atoms with Gasteiger partial charge >= 0.3 is 0 Å². The Morgan fingerprint density at radius 3 is 2.24 bits per heavy atom. The molecule has 0 aromatic carbocycles. The largest absolute Gasteiger partial charge is 0.326 e. The standard InChI is InChI=1S/C19H34N2/c1-14-5-3-2-4-6-21(14)13-18(20)19-10-15-7-16(11-19)9-17(8-15)12-19/h14-18H,2-13,20H2,1H3. The van der Waals surface area contributed by atoms with E-state index in [2.05, 4.69) is 11.8 Å². The summed E-state index contributed by atoms with van der Waals surface area (Å²) in [6.45, 7) is 4.90. The summed E-state index contributed by atoms with van der Waals surface area (Å²) in [6, 6.07) is 1.19. The number of rotatable bonds is 3. The second-order valence-electron chi connectivity index (χ2n) is 9.08. The lowest BCUT2D eigenvalue weighted by molar-refractivity contribution is -0.0727. The molecule has 2 heteroatoms. The van der Waals surface area contributed by atoms with Crippen LogP contribution in [-0.2, 0) is 0 Å². The summed E-state index contributed by atoms with van der Waals surface area (Å²) in [6.07, 6.45) is 14.6. The first kappa shape index (κ1) is 14.5. The molecule has 4 aliphatic carbocycles. The second kappa shape index (κ2) is 5.53. The Labute approximate surface area is 130 Å². The summed E-state index contributed by atoms with van der Waals surface area (Å²) in [4.78, 5) is 2.73. The average Bonchev–Trinajstić information content (AvgIpc) is 2.62. The van der Waals surface area contributed by atoms with Crippen LogP contribution in [0.1, 0.15) is 71.1 Å². The Balaban J connectivity index is 1.45. The van der Waals surface area contributed by atoms with Crippen molar-refractivity contribution in [2.75, 3.05) is 13.1 Å². The van der Waals surface area contributed by atoms with Gasteiger partial charge in [0.25, 0.3) is 0 Å². The molecule has 5 rings (SSSR count). The van der Waals surface area contributed by atoms with Crippen LogP contribution in [0.3, 0.4) is 0 Å². The van der Waals surface area contributed by atoms with E-state index in [0.29, 0.717) is 11.5 Å². The fraction of sp³-hybridized carbons (Fsp3) is 1.00. The van der Waals surface area contributed by atoms with Gasteiger partial charge in [0.15, 0.2) is 0 Å². The van der Waals surface area contributed by atoms with Crippen LogP contribution in [-0.4, -0.2) is 30.1 Å². The van der Waals surface area contributed by atoms with E-state index in [1.807, 2.05) is 0 Å². The highest BCUT2D eigenvalue weighted by molar-refractivity contribution is 5.06. The van der Waals surface area contributed by atoms with Gasteiger partial charge in [-0.2, -0.15) is 0 Å². The van der Waals surface area contributed by atoms with Crippen molar-refractivity contribution in [3.8, 4) is 0 Å². The molecule has 5 fully saturated rings. The van der Waals surface area contributed by atoms with E-state index in [9.17, 15) is 0 Å². The predicted molar refractivity (Wildman–Crippen MR) is 88.1 cm³/mol. The molecule has 5 aliphatic rings. The molecule has 0 spiro atoms. The lowest BCUT2D eigenvalue weighted by Crippen LogP contribution is -2.58. The van der Waals surface area contributed by atoms with Gasteiger partial charge in [-0.1, -0.05) is 12.8 Å². The fourth-order valence-electron chi connectivity index (χ4n) is 6.68. The molecule has 1 heterocycles. The van der Waals surface area contributed by atoms with Crippen molar-refractivity contribution in [3.63, 3.8) is 0 Å². The highest BCUT2D eigenvalue weighted by atomic mass is 15.2. The zero-order valence-corrected chi connectivity index (χ0v) is 13.9. The van der Waals surface area contributed by atoms with Crippen LogP contribution in [0.4, 0.5) is 0 Å². The maximum Gasteiger partial charge on any atom is 0.0225 e. The van der Waals surface area contributed by atoms with Gasteiger partial charge in [0.05, 0.1) is 0 Å². The van der Waals surface area contributed by atoms with Gasteiger partial charge in [-0.25, -0.2) is 0 Å². The summed E-state index contributed by atoms with van der Waals surface area (Å²) < 4.78 is 0. The molecule has 0 aromatic heterocycles. The monoisotopic (exact) mass is 290 g/mol. The molecule has 0 aromatic rings. The zero-order valence-electron chi connectivity index (χ0n) is 13.9. The molecule has 1 aliphatic heterocycles. The Morgan fingerprint density at radius 1 is 1.00 bits per heavy atom. The van der Waals surface area contributed by atoms with E-state index in [0.717, 1.165) is 23.8 Å². The minimum atomic E-state index is 0.437. The normalized spacial score (nSPS) is 48.3. The fourth-order valence-corrected chi connectivity index (χ4v) is 6.68. The molecule has 0 radical (unpaired) electrons. The van der Waals surface area contributed by atoms with E-state index < -0.39 is 0 Å². The number of nitrogens with zero attached hydrogens (tertiary/aromatic N) is 1. The van der Waals surface area contributed by atoms with Crippen LogP contribution in [0.25, 0.3) is 0 Å². The van der Waals surface area contributed by atoms with Gasteiger partial charge in [0, 0.05) is 18.6 Å². The summed E-state index contributed by atoms with van der Waals surface area (Å²) in [7, 11) is 0. The van der Waals surface area contributed by atoms with E-state index in [1.54, 1.807) is 0 Å². The van der Waals surface area contributed by atoms with Gasteiger partial charge in [-0.15, -0.1) is 0 Å². The summed E-state index contributed by atoms with van der Waals surface area (Å²) in [5.41, 5.74) is 7.40. The molecule has 2 atom stereocenters. The van der Waals surface area contributed by atoms with E-state index >= 15 is 0 Å². The number of likely N-dealkylation sites (tertiary alicyclic amines) is 1. The van der Waals surface area contributed by atoms with Gasteiger partial charge < -0.3 is 5.73 Å². The highest BCUT2D eigenvalue weighted by Crippen LogP contribution is 2.61. The van der Waals surface area contributed by atoms with Gasteiger partial charge in [-0.05, 0) is 88.0 Å². The van der Waals surface area contributed by atoms with Crippen molar-refractivity contribution in [3.05, 3.63) is 0 Å². The molecule has 1 saturated heterocycles. The third-order valence-electron chi connectivity index (χ3n) is 7.49. The third-order valence-corrected chi connectivity index (χ3v) is 7.49. The Kier molecular flexibility index (Phi) is 3.82. The SMILES string of the molecule is CC1CCCCCN1CC(N)C12CC3CC(CC(C3)C1)C2. The molecule has 2 nitrogen and oxygen atoms in total. The van der Waals surface area contributed by atoms with Crippen molar-refractivity contribution in [2.45, 2.75) is 83.2 Å². The third kappa shape index (κ3) is 2.67. The number of hydrogen-bond acceptors (Lipinski definition) is 2. The van der Waals surface area contributed by atoms with Gasteiger partial charge in [0.2, 0.25) is 0 Å². The Hall–Kier alpha value is -0.0800. The van der Waals surface area contributed by atoms with Gasteiger partial charge in [-0.3, -0.25) is 4.90 Å². The van der Waals surface area contributed by atoms with E-state index in [-0.39, 0.29) is 0 Å². The predicted octanol–water partition coefficient (Wildman–Crippen LogP) is 3.79. The van der Waals surface area contributed by atoms with Crippen LogP contribution in [0.2, 0.25) is 0 Å². The zero-order chi connectivity index (χ0) is 14.4. The van der Waals surface area contributed by atoms with E-state index in [4.69, 9.17) is 5.73 Å². The lowest BCUT2D eigenvalue weighted by Gasteiger charge is -2.59. The Bertz CT molecular complexity index is 342. The van der Waals surface area contributed by atoms with Crippen molar-refractivity contribution < 1.29 is 0 Å². The molecular weight excluding hydrogens is 256 g/mol. The van der Waals surface area contributed by atoms with Crippen molar-refractivity contribution in [1.29, 1.82) is 0 Å². The molecule has 4 bridgehead atoms. The lowest BCUT2D eigenvalue weighted by atomic mass is 9.48. The van der Waals surface area contributed by atoms with Crippen LogP contribution < -0.4 is 5.73 Å². The van der Waals surface area contributed by atoms with Crippen molar-refractivity contribution in [2.24, 2.45) is 28.9 Å². The maximum atomic E-state index is 6.88. The minimum Gasteiger partial charge on any atom is -0.326 e. The maximum absolute atomic E-state index is 6.88. The topological polar surface area (TPSA) is 29.3 Å². The second-order valence-corrected chi connectivity index (χ2v) is 9.08. The summed E-state index contributed by atoms with van der Waals surface area (Å²) >= 11 is 0. The smallest absolute Gasteiger partial charge is 0.0225 e. The summed E-state index contributed by atoms with van der Waals surface area (Å²) in [5, 5.41) is 0. The van der Waals surface area contributed by atoms with Crippen LogP contribution in [0, 0.1) is 23.2 Å². The van der Waals surface area contributed by atoms with Gasteiger partial charge in [0.1, 0.15) is 0 Å². The van der Waals surface area contributed by atoms with E-state index in [1.165, 1.54) is 77.3 Å². The quantitative estimate of drug-likeness (QED) is 0.857. The van der Waals surface area contributed by atoms with Crippen molar-refractivity contribution >= 4 is 0 Å². The molecule has 120 valence electrons. The summed E-state index contributed by atoms with van der Waals surface area (Å²) in [5.74, 6) is 3.09. The molecule has 4 saturated carbocycles. The molecule has 21 heavy (non-hydrogen) atoms.